The minimum Gasteiger partial charge on any atom is -0.478 e. The average molecular weight is 499 g/mol. The van der Waals surface area contributed by atoms with E-state index < -0.39 is 11.4 Å². The molecule has 4 nitrogen and oxygen atoms in total. The number of aryl methyl sites for hydroxylation is 4. The highest BCUT2D eigenvalue weighted by atomic mass is 16.4. The lowest BCUT2D eigenvalue weighted by Gasteiger charge is -2.35. The van der Waals surface area contributed by atoms with Crippen molar-refractivity contribution in [2.75, 3.05) is 11.5 Å². The number of benzene rings is 5. The number of nitrogen functional groups attached to an aromatic ring is 2. The number of aromatic carboxylic acids is 1. The van der Waals surface area contributed by atoms with E-state index in [0.717, 1.165) is 66.7 Å². The normalized spacial score (nSPS) is 13.4. The van der Waals surface area contributed by atoms with Gasteiger partial charge < -0.3 is 16.6 Å². The van der Waals surface area contributed by atoms with Crippen LogP contribution in [-0.2, 0) is 5.41 Å². The smallest absolute Gasteiger partial charge is 0.335 e. The molecule has 0 atom stereocenters. The molecule has 0 spiro atoms. The van der Waals surface area contributed by atoms with Gasteiger partial charge in [-0.1, -0.05) is 54.6 Å². The van der Waals surface area contributed by atoms with Crippen LogP contribution in [0.15, 0.2) is 78.9 Å². The standard InChI is InChI=1S/C34H30N2O2/c1-18-11-25(12-19(2)31(18)35)34(26-13-20(3)32(36)21(4)14-26)29-8-6-5-7-27(29)28-16-22-9-10-23(33(37)38)15-24(22)17-30(28)34/h5-17H,35-36H2,1-4H3,(H,37,38). The Hall–Kier alpha value is -4.57. The topological polar surface area (TPSA) is 89.3 Å². The zero-order valence-electron chi connectivity index (χ0n) is 22.0. The zero-order chi connectivity index (χ0) is 26.9. The summed E-state index contributed by atoms with van der Waals surface area (Å²) in [7, 11) is 0. The molecular weight excluding hydrogens is 468 g/mol. The zero-order valence-corrected chi connectivity index (χ0v) is 22.0. The summed E-state index contributed by atoms with van der Waals surface area (Å²) in [4.78, 5) is 11.8. The van der Waals surface area contributed by atoms with Gasteiger partial charge in [0.2, 0.25) is 0 Å². The number of carboxylic acid groups (broad SMARTS) is 1. The molecule has 0 amide bonds. The second-order valence-electron chi connectivity index (χ2n) is 10.6. The summed E-state index contributed by atoms with van der Waals surface area (Å²) in [5, 5.41) is 11.6. The van der Waals surface area contributed by atoms with Gasteiger partial charge in [0.15, 0.2) is 0 Å². The molecule has 0 bridgehead atoms. The molecule has 4 heteroatoms. The van der Waals surface area contributed by atoms with Gasteiger partial charge in [-0.3, -0.25) is 0 Å². The van der Waals surface area contributed by atoms with Gasteiger partial charge in [0.1, 0.15) is 0 Å². The molecule has 0 fully saturated rings. The predicted molar refractivity (Wildman–Crippen MR) is 156 cm³/mol. The van der Waals surface area contributed by atoms with Crippen molar-refractivity contribution in [3.05, 3.63) is 129 Å². The summed E-state index contributed by atoms with van der Waals surface area (Å²) in [5.41, 5.74) is 25.1. The van der Waals surface area contributed by atoms with Crippen LogP contribution in [0.5, 0.6) is 0 Å². The van der Waals surface area contributed by atoms with Crippen molar-refractivity contribution in [1.82, 2.24) is 0 Å². The molecule has 0 radical (unpaired) electrons. The van der Waals surface area contributed by atoms with Crippen molar-refractivity contribution < 1.29 is 9.90 Å². The van der Waals surface area contributed by atoms with E-state index >= 15 is 0 Å². The number of anilines is 2. The third-order valence-electron chi connectivity index (χ3n) is 8.30. The van der Waals surface area contributed by atoms with E-state index in [1.54, 1.807) is 12.1 Å². The molecule has 6 rings (SSSR count). The molecule has 0 saturated heterocycles. The summed E-state index contributed by atoms with van der Waals surface area (Å²) >= 11 is 0. The van der Waals surface area contributed by atoms with Crippen LogP contribution in [0.25, 0.3) is 21.9 Å². The lowest BCUT2D eigenvalue weighted by Crippen LogP contribution is -2.29. The summed E-state index contributed by atoms with van der Waals surface area (Å²) in [5.74, 6) is -0.934. The number of fused-ring (bicyclic) bond motifs is 4. The van der Waals surface area contributed by atoms with Crippen molar-refractivity contribution in [2.45, 2.75) is 33.1 Å². The second kappa shape index (κ2) is 8.22. The highest BCUT2D eigenvalue weighted by molar-refractivity contribution is 5.99. The van der Waals surface area contributed by atoms with E-state index in [2.05, 4.69) is 88.4 Å². The van der Waals surface area contributed by atoms with E-state index in [1.807, 2.05) is 6.07 Å². The third kappa shape index (κ3) is 3.20. The molecule has 1 aliphatic carbocycles. The maximum absolute atomic E-state index is 11.8. The van der Waals surface area contributed by atoms with Crippen LogP contribution in [0.1, 0.15) is 54.9 Å². The van der Waals surface area contributed by atoms with Gasteiger partial charge in [0.25, 0.3) is 0 Å². The Morgan fingerprint density at radius 1 is 0.632 bits per heavy atom. The highest BCUT2D eigenvalue weighted by Crippen LogP contribution is 2.57. The molecule has 0 aliphatic heterocycles. The summed E-state index contributed by atoms with van der Waals surface area (Å²) < 4.78 is 0. The molecule has 1 aliphatic rings. The van der Waals surface area contributed by atoms with Crippen molar-refractivity contribution in [2.24, 2.45) is 0 Å². The number of nitrogens with two attached hydrogens (primary N) is 2. The first-order chi connectivity index (χ1) is 18.1. The maximum atomic E-state index is 11.8. The molecule has 0 unspecified atom stereocenters. The maximum Gasteiger partial charge on any atom is 0.335 e. The first kappa shape index (κ1) is 23.8. The number of hydrogen-bond acceptors (Lipinski definition) is 3. The van der Waals surface area contributed by atoms with Crippen LogP contribution in [0.4, 0.5) is 11.4 Å². The van der Waals surface area contributed by atoms with Gasteiger partial charge in [-0.15, -0.1) is 0 Å². The van der Waals surface area contributed by atoms with E-state index in [9.17, 15) is 9.90 Å². The Morgan fingerprint density at radius 2 is 1.18 bits per heavy atom. The molecule has 188 valence electrons. The monoisotopic (exact) mass is 498 g/mol. The quantitative estimate of drug-likeness (QED) is 0.223. The largest absolute Gasteiger partial charge is 0.478 e. The van der Waals surface area contributed by atoms with Crippen LogP contribution in [0.3, 0.4) is 0 Å². The van der Waals surface area contributed by atoms with Crippen LogP contribution in [0.2, 0.25) is 0 Å². The molecule has 5 aromatic carbocycles. The minimum atomic E-state index is -0.934. The number of rotatable bonds is 3. The molecule has 38 heavy (non-hydrogen) atoms. The first-order valence-corrected chi connectivity index (χ1v) is 12.8. The third-order valence-corrected chi connectivity index (χ3v) is 8.30. The predicted octanol–water partition coefficient (Wildman–Crippen LogP) is 7.30. The molecule has 0 saturated carbocycles. The first-order valence-electron chi connectivity index (χ1n) is 12.8. The van der Waals surface area contributed by atoms with E-state index in [4.69, 9.17) is 11.5 Å². The molecule has 0 heterocycles. The Balaban J connectivity index is 1.83. The van der Waals surface area contributed by atoms with Crippen LogP contribution >= 0.6 is 0 Å². The SMILES string of the molecule is Cc1cc(C2(c3cc(C)c(N)c(C)c3)c3ccccc3-c3cc4ccc(C(=O)O)cc4cc32)cc(C)c1N. The van der Waals surface area contributed by atoms with Gasteiger partial charge in [0.05, 0.1) is 11.0 Å². The Morgan fingerprint density at radius 3 is 1.74 bits per heavy atom. The fourth-order valence-electron chi connectivity index (χ4n) is 6.32. The van der Waals surface area contributed by atoms with Gasteiger partial charge in [-0.2, -0.15) is 0 Å². The van der Waals surface area contributed by atoms with Crippen LogP contribution < -0.4 is 11.5 Å². The van der Waals surface area contributed by atoms with E-state index in [0.29, 0.717) is 0 Å². The average Bonchev–Trinajstić information content (AvgIpc) is 3.18. The van der Waals surface area contributed by atoms with Crippen molar-refractivity contribution in [1.29, 1.82) is 0 Å². The van der Waals surface area contributed by atoms with Crippen LogP contribution in [-0.4, -0.2) is 11.1 Å². The van der Waals surface area contributed by atoms with Crippen molar-refractivity contribution in [3.63, 3.8) is 0 Å². The Labute approximate surface area is 222 Å². The summed E-state index contributed by atoms with van der Waals surface area (Å²) in [6.07, 6.45) is 0. The Bertz CT molecular complexity index is 1710. The number of hydrogen-bond donors (Lipinski definition) is 3. The van der Waals surface area contributed by atoms with Gasteiger partial charge in [-0.05, 0) is 118 Å². The Kier molecular flexibility index (Phi) is 5.15. The second-order valence-corrected chi connectivity index (χ2v) is 10.6. The molecule has 5 N–H and O–H groups in total. The van der Waals surface area contributed by atoms with E-state index in [1.165, 1.54) is 11.1 Å². The van der Waals surface area contributed by atoms with Crippen molar-refractivity contribution in [3.8, 4) is 11.1 Å². The lowest BCUT2D eigenvalue weighted by molar-refractivity contribution is 0.0697. The molecule has 5 aromatic rings. The molecule has 0 aromatic heterocycles. The van der Waals surface area contributed by atoms with Gasteiger partial charge >= 0.3 is 5.97 Å². The fourth-order valence-corrected chi connectivity index (χ4v) is 6.32. The van der Waals surface area contributed by atoms with Gasteiger partial charge in [0, 0.05) is 11.4 Å². The lowest BCUT2D eigenvalue weighted by atomic mass is 9.66. The van der Waals surface area contributed by atoms with Crippen molar-refractivity contribution >= 4 is 28.1 Å². The van der Waals surface area contributed by atoms with Crippen LogP contribution in [0, 0.1) is 27.7 Å². The summed E-state index contributed by atoms with van der Waals surface area (Å²) in [6.45, 7) is 8.22. The highest BCUT2D eigenvalue weighted by Gasteiger charge is 2.46. The number of carbonyl (C=O) groups is 1. The number of carboxylic acids is 1. The summed E-state index contributed by atoms with van der Waals surface area (Å²) in [6, 6.07) is 27.1. The fraction of sp³-hybridized carbons (Fsp3) is 0.147. The molecular formula is C34H30N2O2. The van der Waals surface area contributed by atoms with E-state index in [-0.39, 0.29) is 5.56 Å². The minimum absolute atomic E-state index is 0.275. The van der Waals surface area contributed by atoms with Gasteiger partial charge in [-0.25, -0.2) is 4.79 Å².